The van der Waals surface area contributed by atoms with E-state index in [-0.39, 0.29) is 29.5 Å². The minimum Gasteiger partial charge on any atom is -0.369 e. The summed E-state index contributed by atoms with van der Waals surface area (Å²) in [7, 11) is 0. The summed E-state index contributed by atoms with van der Waals surface area (Å²) in [5, 5.41) is 13.9. The highest BCUT2D eigenvalue weighted by Crippen LogP contribution is 2.42. The normalized spacial score (nSPS) is 30.1. The highest BCUT2D eigenvalue weighted by molar-refractivity contribution is 6.07. The van der Waals surface area contributed by atoms with Gasteiger partial charge in [0.25, 0.3) is 11.6 Å². The number of nitro benzene ring substituents is 1. The number of urea groups is 1. The second-order valence-corrected chi connectivity index (χ2v) is 8.79. The van der Waals surface area contributed by atoms with Crippen LogP contribution in [-0.4, -0.2) is 65.0 Å². The number of hydrogen-bond donors (Lipinski definition) is 1. The van der Waals surface area contributed by atoms with Gasteiger partial charge in [-0.1, -0.05) is 20.3 Å². The third-order valence-electron chi connectivity index (χ3n) is 7.13. The van der Waals surface area contributed by atoms with Crippen LogP contribution in [0.25, 0.3) is 0 Å². The first-order valence-electron chi connectivity index (χ1n) is 10.7. The molecule has 3 atom stereocenters. The molecule has 1 N–H and O–H groups in total. The molecular formula is C21H29N5O4. The molecule has 0 aromatic heterocycles. The van der Waals surface area contributed by atoms with Crippen molar-refractivity contribution in [3.05, 3.63) is 34.4 Å². The molecule has 1 unspecified atom stereocenters. The lowest BCUT2D eigenvalue weighted by molar-refractivity contribution is -0.384. The van der Waals surface area contributed by atoms with E-state index in [2.05, 4.69) is 29.0 Å². The monoisotopic (exact) mass is 415 g/mol. The Morgan fingerprint density at radius 2 is 1.67 bits per heavy atom. The molecule has 162 valence electrons. The minimum absolute atomic E-state index is 0.0787. The first-order valence-corrected chi connectivity index (χ1v) is 10.7. The predicted octanol–water partition coefficient (Wildman–Crippen LogP) is 2.42. The molecule has 9 nitrogen and oxygen atoms in total. The number of nitrogens with zero attached hydrogens (tertiary/aromatic N) is 4. The van der Waals surface area contributed by atoms with Crippen molar-refractivity contribution in [2.75, 3.05) is 37.7 Å². The highest BCUT2D eigenvalue weighted by Gasteiger charge is 2.58. The Hall–Kier alpha value is -2.68. The molecule has 1 saturated carbocycles. The molecule has 2 saturated heterocycles. The van der Waals surface area contributed by atoms with E-state index in [9.17, 15) is 19.7 Å². The van der Waals surface area contributed by atoms with Crippen molar-refractivity contribution in [2.45, 2.75) is 38.6 Å². The Balaban J connectivity index is 1.37. The van der Waals surface area contributed by atoms with Gasteiger partial charge in [-0.3, -0.25) is 19.8 Å². The molecule has 3 amide bonds. The third-order valence-corrected chi connectivity index (χ3v) is 7.13. The van der Waals surface area contributed by atoms with E-state index in [1.54, 1.807) is 12.1 Å². The summed E-state index contributed by atoms with van der Waals surface area (Å²) in [5.41, 5.74) is 0.269. The molecule has 0 bridgehead atoms. The molecule has 2 heterocycles. The van der Waals surface area contributed by atoms with Crippen molar-refractivity contribution >= 4 is 23.3 Å². The van der Waals surface area contributed by atoms with Crippen LogP contribution in [0.3, 0.4) is 0 Å². The van der Waals surface area contributed by atoms with Gasteiger partial charge in [-0.15, -0.1) is 0 Å². The molecule has 3 aliphatic rings. The first kappa shape index (κ1) is 20.6. The number of carbonyl (C=O) groups excluding carboxylic acids is 2. The van der Waals surface area contributed by atoms with Gasteiger partial charge in [-0.25, -0.2) is 9.69 Å². The number of rotatable bonds is 4. The molecule has 30 heavy (non-hydrogen) atoms. The smallest absolute Gasteiger partial charge is 0.326 e. The van der Waals surface area contributed by atoms with E-state index < -0.39 is 10.5 Å². The SMILES string of the molecule is C[C@@H]1CCC[C@H](C)C12NC(=O)N(CN1CCN(c3ccc([N+](=O)[O-])cc3)CC1)C2=O. The largest absolute Gasteiger partial charge is 0.369 e. The molecule has 1 spiro atoms. The maximum absolute atomic E-state index is 13.3. The van der Waals surface area contributed by atoms with E-state index in [0.29, 0.717) is 19.8 Å². The van der Waals surface area contributed by atoms with Gasteiger partial charge in [0.1, 0.15) is 5.54 Å². The van der Waals surface area contributed by atoms with Gasteiger partial charge in [0.15, 0.2) is 0 Å². The maximum Gasteiger partial charge on any atom is 0.326 e. The van der Waals surface area contributed by atoms with Crippen molar-refractivity contribution in [1.29, 1.82) is 0 Å². The van der Waals surface area contributed by atoms with Gasteiger partial charge in [0.2, 0.25) is 0 Å². The fourth-order valence-corrected chi connectivity index (χ4v) is 5.21. The summed E-state index contributed by atoms with van der Waals surface area (Å²) < 4.78 is 0. The molecule has 1 aromatic carbocycles. The number of nitro groups is 1. The van der Waals surface area contributed by atoms with E-state index in [1.165, 1.54) is 17.0 Å². The zero-order chi connectivity index (χ0) is 21.5. The average molecular weight is 415 g/mol. The van der Waals surface area contributed by atoms with Crippen LogP contribution >= 0.6 is 0 Å². The van der Waals surface area contributed by atoms with E-state index in [4.69, 9.17) is 0 Å². The molecular weight excluding hydrogens is 386 g/mol. The fourth-order valence-electron chi connectivity index (χ4n) is 5.21. The number of non-ortho nitro benzene ring substituents is 1. The Morgan fingerprint density at radius 1 is 1.07 bits per heavy atom. The summed E-state index contributed by atoms with van der Waals surface area (Å²) in [5.74, 6) is 0.202. The average Bonchev–Trinajstić information content (AvgIpc) is 2.98. The summed E-state index contributed by atoms with van der Waals surface area (Å²) in [4.78, 5) is 42.1. The van der Waals surface area contributed by atoms with Crippen molar-refractivity contribution < 1.29 is 14.5 Å². The van der Waals surface area contributed by atoms with Gasteiger partial charge in [-0.2, -0.15) is 0 Å². The van der Waals surface area contributed by atoms with E-state index >= 15 is 0 Å². The number of nitrogens with one attached hydrogen (secondary N) is 1. The fraction of sp³-hybridized carbons (Fsp3) is 0.619. The lowest BCUT2D eigenvalue weighted by Gasteiger charge is -2.42. The minimum atomic E-state index is -0.754. The lowest BCUT2D eigenvalue weighted by Crippen LogP contribution is -2.59. The van der Waals surface area contributed by atoms with Crippen molar-refractivity contribution in [2.24, 2.45) is 11.8 Å². The van der Waals surface area contributed by atoms with Crippen molar-refractivity contribution in [3.63, 3.8) is 0 Å². The Morgan fingerprint density at radius 3 is 2.23 bits per heavy atom. The molecule has 3 fully saturated rings. The van der Waals surface area contributed by atoms with Crippen LogP contribution in [0.5, 0.6) is 0 Å². The number of imide groups is 1. The molecule has 2 aliphatic heterocycles. The van der Waals surface area contributed by atoms with Crippen LogP contribution in [0.1, 0.15) is 33.1 Å². The standard InChI is InChI=1S/C21H29N5O4/c1-15-4-3-5-16(2)21(15)19(27)25(20(28)22-21)14-23-10-12-24(13-11-23)17-6-8-18(9-7-17)26(29)30/h6-9,15-16H,3-5,10-14H2,1-2H3,(H,22,28)/t15-,16+,21?. The Bertz CT molecular complexity index is 824. The second kappa shape index (κ2) is 7.86. The summed E-state index contributed by atoms with van der Waals surface area (Å²) >= 11 is 0. The van der Waals surface area contributed by atoms with Crippen molar-refractivity contribution in [1.82, 2.24) is 15.1 Å². The van der Waals surface area contributed by atoms with Gasteiger partial charge in [0, 0.05) is 44.0 Å². The van der Waals surface area contributed by atoms with Crippen LogP contribution in [0.2, 0.25) is 0 Å². The molecule has 0 radical (unpaired) electrons. The number of piperazine rings is 1. The summed E-state index contributed by atoms with van der Waals surface area (Å²) in [6.07, 6.45) is 3.01. The van der Waals surface area contributed by atoms with E-state index in [0.717, 1.165) is 38.0 Å². The van der Waals surface area contributed by atoms with Crippen LogP contribution in [0, 0.1) is 22.0 Å². The van der Waals surface area contributed by atoms with Crippen LogP contribution < -0.4 is 10.2 Å². The number of carbonyl (C=O) groups is 2. The van der Waals surface area contributed by atoms with Gasteiger partial charge >= 0.3 is 6.03 Å². The van der Waals surface area contributed by atoms with Gasteiger partial charge in [-0.05, 0) is 36.8 Å². The molecule has 1 aromatic rings. The Kier molecular flexibility index (Phi) is 5.40. The van der Waals surface area contributed by atoms with Crippen LogP contribution in [-0.2, 0) is 4.79 Å². The number of hydrogen-bond acceptors (Lipinski definition) is 6. The number of benzene rings is 1. The molecule has 4 rings (SSSR count). The first-order chi connectivity index (χ1) is 14.3. The zero-order valence-corrected chi connectivity index (χ0v) is 17.5. The predicted molar refractivity (Wildman–Crippen MR) is 112 cm³/mol. The molecule has 1 aliphatic carbocycles. The quantitative estimate of drug-likeness (QED) is 0.461. The Labute approximate surface area is 176 Å². The van der Waals surface area contributed by atoms with Crippen LogP contribution in [0.4, 0.5) is 16.2 Å². The number of amides is 3. The third kappa shape index (κ3) is 3.40. The van der Waals surface area contributed by atoms with E-state index in [1.807, 2.05) is 0 Å². The van der Waals surface area contributed by atoms with Gasteiger partial charge < -0.3 is 10.2 Å². The summed E-state index contributed by atoms with van der Waals surface area (Å²) in [6.45, 7) is 7.34. The molecule has 9 heteroatoms. The highest BCUT2D eigenvalue weighted by atomic mass is 16.6. The lowest BCUT2D eigenvalue weighted by atomic mass is 9.67. The second-order valence-electron chi connectivity index (χ2n) is 8.79. The topological polar surface area (TPSA) is 99.0 Å². The zero-order valence-electron chi connectivity index (χ0n) is 17.5. The number of anilines is 1. The summed E-state index contributed by atoms with van der Waals surface area (Å²) in [6, 6.07) is 6.28. The van der Waals surface area contributed by atoms with Crippen LogP contribution in [0.15, 0.2) is 24.3 Å². The van der Waals surface area contributed by atoms with Gasteiger partial charge in [0.05, 0.1) is 11.6 Å². The van der Waals surface area contributed by atoms with Crippen molar-refractivity contribution in [3.8, 4) is 0 Å². The maximum atomic E-state index is 13.3.